The molecule has 0 aliphatic heterocycles. The molecular weight excluding hydrogens is 310 g/mol. The number of aromatic nitrogens is 2. The van der Waals surface area contributed by atoms with Gasteiger partial charge >= 0.3 is 0 Å². The van der Waals surface area contributed by atoms with E-state index in [9.17, 15) is 0 Å². The molecule has 1 aromatic carbocycles. The fourth-order valence-electron chi connectivity index (χ4n) is 1.74. The molecule has 1 unspecified atom stereocenters. The molecule has 2 rings (SSSR count). The zero-order chi connectivity index (χ0) is 13.9. The number of benzene rings is 1. The SMILES string of the molecule is COCC(C)(N)c1noc(Cc2cccc(Br)c2)n1. The molecular formula is C13H16BrN3O2. The van der Waals surface area contributed by atoms with Gasteiger partial charge in [-0.2, -0.15) is 4.98 Å². The summed E-state index contributed by atoms with van der Waals surface area (Å²) in [4.78, 5) is 4.33. The van der Waals surface area contributed by atoms with E-state index < -0.39 is 5.54 Å². The van der Waals surface area contributed by atoms with Crippen LogP contribution in [0.15, 0.2) is 33.3 Å². The van der Waals surface area contributed by atoms with Gasteiger partial charge in [-0.1, -0.05) is 33.2 Å². The molecule has 6 heteroatoms. The highest BCUT2D eigenvalue weighted by atomic mass is 79.9. The molecule has 0 aliphatic carbocycles. The lowest BCUT2D eigenvalue weighted by atomic mass is 10.1. The monoisotopic (exact) mass is 325 g/mol. The zero-order valence-corrected chi connectivity index (χ0v) is 12.5. The molecule has 1 aromatic heterocycles. The Kier molecular flexibility index (Phi) is 4.34. The highest BCUT2D eigenvalue weighted by Crippen LogP contribution is 2.18. The van der Waals surface area contributed by atoms with E-state index in [1.54, 1.807) is 7.11 Å². The lowest BCUT2D eigenvalue weighted by Crippen LogP contribution is -2.39. The third kappa shape index (κ3) is 3.62. The maximum absolute atomic E-state index is 6.06. The molecule has 102 valence electrons. The van der Waals surface area contributed by atoms with Crippen molar-refractivity contribution in [3.05, 3.63) is 46.0 Å². The minimum atomic E-state index is -0.742. The molecule has 19 heavy (non-hydrogen) atoms. The topological polar surface area (TPSA) is 74.2 Å². The molecule has 0 spiro atoms. The van der Waals surface area contributed by atoms with Crippen LogP contribution in [0, 0.1) is 0 Å². The average molecular weight is 326 g/mol. The second kappa shape index (κ2) is 5.81. The van der Waals surface area contributed by atoms with Crippen LogP contribution in [0.1, 0.15) is 24.2 Å². The van der Waals surface area contributed by atoms with Gasteiger partial charge in [-0.3, -0.25) is 0 Å². The van der Waals surface area contributed by atoms with E-state index in [4.69, 9.17) is 15.0 Å². The van der Waals surface area contributed by atoms with E-state index in [0.717, 1.165) is 10.0 Å². The summed E-state index contributed by atoms with van der Waals surface area (Å²) in [6.45, 7) is 2.15. The standard InChI is InChI=1S/C13H16BrN3O2/c1-13(15,8-18-2)12-16-11(19-17-12)7-9-4-3-5-10(14)6-9/h3-6H,7-8,15H2,1-2H3. The Bertz CT molecular complexity index is 554. The third-order valence-corrected chi connectivity index (χ3v) is 3.16. The Hall–Kier alpha value is -1.24. The summed E-state index contributed by atoms with van der Waals surface area (Å²) < 4.78 is 11.3. The minimum Gasteiger partial charge on any atom is -0.382 e. The highest BCUT2D eigenvalue weighted by molar-refractivity contribution is 9.10. The van der Waals surface area contributed by atoms with Crippen LogP contribution >= 0.6 is 15.9 Å². The van der Waals surface area contributed by atoms with E-state index in [0.29, 0.717) is 24.7 Å². The normalized spacial score (nSPS) is 14.3. The maximum atomic E-state index is 6.06. The molecule has 5 nitrogen and oxygen atoms in total. The van der Waals surface area contributed by atoms with Crippen molar-refractivity contribution in [2.45, 2.75) is 18.9 Å². The van der Waals surface area contributed by atoms with Gasteiger partial charge in [0.1, 0.15) is 5.54 Å². The van der Waals surface area contributed by atoms with Gasteiger partial charge in [0.15, 0.2) is 5.82 Å². The van der Waals surface area contributed by atoms with Gasteiger partial charge in [0, 0.05) is 11.6 Å². The highest BCUT2D eigenvalue weighted by Gasteiger charge is 2.27. The molecule has 0 fully saturated rings. The van der Waals surface area contributed by atoms with Gasteiger partial charge < -0.3 is 15.0 Å². The molecule has 0 amide bonds. The lowest BCUT2D eigenvalue weighted by Gasteiger charge is -2.18. The van der Waals surface area contributed by atoms with Crippen molar-refractivity contribution in [3.63, 3.8) is 0 Å². The first-order valence-electron chi connectivity index (χ1n) is 5.86. The van der Waals surface area contributed by atoms with Crippen LogP contribution in [0.2, 0.25) is 0 Å². The Labute approximate surface area is 120 Å². The third-order valence-electron chi connectivity index (χ3n) is 2.67. The van der Waals surface area contributed by atoms with Crippen LogP contribution in [-0.4, -0.2) is 23.9 Å². The summed E-state index contributed by atoms with van der Waals surface area (Å²) in [5.41, 5.74) is 6.41. The number of hydrogen-bond donors (Lipinski definition) is 1. The van der Waals surface area contributed by atoms with Crippen molar-refractivity contribution in [1.82, 2.24) is 10.1 Å². The van der Waals surface area contributed by atoms with Crippen LogP contribution in [-0.2, 0) is 16.7 Å². The van der Waals surface area contributed by atoms with Crippen molar-refractivity contribution in [2.24, 2.45) is 5.73 Å². The summed E-state index contributed by atoms with van der Waals surface area (Å²) in [7, 11) is 1.59. The van der Waals surface area contributed by atoms with Crippen LogP contribution in [0.4, 0.5) is 0 Å². The van der Waals surface area contributed by atoms with E-state index >= 15 is 0 Å². The van der Waals surface area contributed by atoms with Gasteiger partial charge in [0.25, 0.3) is 0 Å². The first kappa shape index (κ1) is 14.2. The Morgan fingerprint density at radius 3 is 2.95 bits per heavy atom. The Balaban J connectivity index is 2.13. The van der Waals surface area contributed by atoms with Crippen molar-refractivity contribution in [3.8, 4) is 0 Å². The first-order valence-corrected chi connectivity index (χ1v) is 6.66. The van der Waals surface area contributed by atoms with Gasteiger partial charge in [-0.15, -0.1) is 0 Å². The fourth-order valence-corrected chi connectivity index (χ4v) is 2.19. The van der Waals surface area contributed by atoms with Crippen LogP contribution in [0.3, 0.4) is 0 Å². The molecule has 0 radical (unpaired) electrons. The van der Waals surface area contributed by atoms with Crippen molar-refractivity contribution in [2.75, 3.05) is 13.7 Å². The number of halogens is 1. The smallest absolute Gasteiger partial charge is 0.231 e. The number of ether oxygens (including phenoxy) is 1. The van der Waals surface area contributed by atoms with Crippen molar-refractivity contribution in [1.29, 1.82) is 0 Å². The minimum absolute atomic E-state index is 0.336. The quantitative estimate of drug-likeness (QED) is 0.912. The molecule has 1 heterocycles. The predicted molar refractivity (Wildman–Crippen MR) is 74.7 cm³/mol. The fraction of sp³-hybridized carbons (Fsp3) is 0.385. The number of hydrogen-bond acceptors (Lipinski definition) is 5. The maximum Gasteiger partial charge on any atom is 0.231 e. The van der Waals surface area contributed by atoms with Crippen molar-refractivity contribution < 1.29 is 9.26 Å². The number of methoxy groups -OCH3 is 1. The van der Waals surface area contributed by atoms with Gasteiger partial charge in [-0.05, 0) is 24.6 Å². The summed E-state index contributed by atoms with van der Waals surface area (Å²) in [5, 5.41) is 3.92. The summed E-state index contributed by atoms with van der Waals surface area (Å²) in [5.74, 6) is 1.00. The van der Waals surface area contributed by atoms with Crippen molar-refractivity contribution >= 4 is 15.9 Å². The van der Waals surface area contributed by atoms with Gasteiger partial charge in [-0.25, -0.2) is 0 Å². The summed E-state index contributed by atoms with van der Waals surface area (Å²) in [6.07, 6.45) is 0.579. The Morgan fingerprint density at radius 2 is 2.26 bits per heavy atom. The molecule has 1 atom stereocenters. The predicted octanol–water partition coefficient (Wildman–Crippen LogP) is 2.24. The lowest BCUT2D eigenvalue weighted by molar-refractivity contribution is 0.135. The summed E-state index contributed by atoms with van der Waals surface area (Å²) in [6, 6.07) is 7.96. The number of nitrogens with two attached hydrogens (primary N) is 1. The second-order valence-corrected chi connectivity index (χ2v) is 5.58. The molecule has 0 bridgehead atoms. The van der Waals surface area contributed by atoms with E-state index in [-0.39, 0.29) is 0 Å². The second-order valence-electron chi connectivity index (χ2n) is 4.67. The average Bonchev–Trinajstić information content (AvgIpc) is 2.78. The van der Waals surface area contributed by atoms with Gasteiger partial charge in [0.05, 0.1) is 13.0 Å². The molecule has 0 aliphatic rings. The van der Waals surface area contributed by atoms with E-state index in [1.807, 2.05) is 31.2 Å². The van der Waals surface area contributed by atoms with Crippen LogP contribution in [0.25, 0.3) is 0 Å². The molecule has 0 saturated heterocycles. The first-order chi connectivity index (χ1) is 9.01. The molecule has 0 saturated carbocycles. The molecule has 2 aromatic rings. The largest absolute Gasteiger partial charge is 0.382 e. The van der Waals surface area contributed by atoms with E-state index in [2.05, 4.69) is 26.1 Å². The van der Waals surface area contributed by atoms with Crippen LogP contribution < -0.4 is 5.73 Å². The van der Waals surface area contributed by atoms with E-state index in [1.165, 1.54) is 0 Å². The number of nitrogens with zero attached hydrogens (tertiary/aromatic N) is 2. The number of rotatable bonds is 5. The summed E-state index contributed by atoms with van der Waals surface area (Å²) >= 11 is 3.43. The van der Waals surface area contributed by atoms with Crippen LogP contribution in [0.5, 0.6) is 0 Å². The molecule has 2 N–H and O–H groups in total. The Morgan fingerprint density at radius 1 is 1.47 bits per heavy atom. The zero-order valence-electron chi connectivity index (χ0n) is 10.9. The van der Waals surface area contributed by atoms with Gasteiger partial charge in [0.2, 0.25) is 5.89 Å².